The van der Waals surface area contributed by atoms with E-state index in [0.29, 0.717) is 6.10 Å². The SMILES string of the molecule is c1cc(C2CCO2)ccn1. The van der Waals surface area contributed by atoms with Crippen molar-refractivity contribution >= 4 is 0 Å². The minimum absolute atomic E-state index is 0.350. The summed E-state index contributed by atoms with van der Waals surface area (Å²) >= 11 is 0. The van der Waals surface area contributed by atoms with E-state index in [1.165, 1.54) is 5.56 Å². The molecule has 0 radical (unpaired) electrons. The summed E-state index contributed by atoms with van der Waals surface area (Å²) in [4.78, 5) is 3.93. The number of ether oxygens (including phenoxy) is 1. The van der Waals surface area contributed by atoms with E-state index in [2.05, 4.69) is 4.98 Å². The summed E-state index contributed by atoms with van der Waals surface area (Å²) in [7, 11) is 0. The predicted molar refractivity (Wildman–Crippen MR) is 37.5 cm³/mol. The molecule has 0 amide bonds. The van der Waals surface area contributed by atoms with Gasteiger partial charge in [-0.1, -0.05) is 0 Å². The second-order valence-corrected chi connectivity index (χ2v) is 2.43. The second-order valence-electron chi connectivity index (χ2n) is 2.43. The highest BCUT2D eigenvalue weighted by atomic mass is 16.5. The van der Waals surface area contributed by atoms with Crippen molar-refractivity contribution in [3.8, 4) is 0 Å². The van der Waals surface area contributed by atoms with E-state index < -0.39 is 0 Å². The Morgan fingerprint density at radius 1 is 1.40 bits per heavy atom. The smallest absolute Gasteiger partial charge is 0.0848 e. The first kappa shape index (κ1) is 5.86. The van der Waals surface area contributed by atoms with Crippen LogP contribution in [0.15, 0.2) is 24.5 Å². The molecule has 0 bridgehead atoms. The maximum Gasteiger partial charge on any atom is 0.0848 e. The zero-order chi connectivity index (χ0) is 6.81. The highest BCUT2D eigenvalue weighted by molar-refractivity contribution is 5.14. The molecule has 1 fully saturated rings. The summed E-state index contributed by atoms with van der Waals surface area (Å²) in [6.45, 7) is 0.910. The fourth-order valence-electron chi connectivity index (χ4n) is 1.08. The largest absolute Gasteiger partial charge is 0.373 e. The van der Waals surface area contributed by atoms with E-state index in [1.54, 1.807) is 12.4 Å². The third-order valence-corrected chi connectivity index (χ3v) is 1.78. The Morgan fingerprint density at radius 2 is 2.10 bits per heavy atom. The fraction of sp³-hybridized carbons (Fsp3) is 0.375. The lowest BCUT2D eigenvalue weighted by Crippen LogP contribution is -2.17. The van der Waals surface area contributed by atoms with Crippen molar-refractivity contribution in [2.24, 2.45) is 0 Å². The lowest BCUT2D eigenvalue weighted by Gasteiger charge is -2.26. The van der Waals surface area contributed by atoms with Crippen LogP contribution in [0.2, 0.25) is 0 Å². The predicted octanol–water partition coefficient (Wildman–Crippen LogP) is 1.54. The molecule has 1 aromatic rings. The van der Waals surface area contributed by atoms with Crippen molar-refractivity contribution in [2.75, 3.05) is 6.61 Å². The van der Waals surface area contributed by atoms with Gasteiger partial charge in [-0.25, -0.2) is 0 Å². The van der Waals surface area contributed by atoms with E-state index >= 15 is 0 Å². The molecule has 2 heterocycles. The van der Waals surface area contributed by atoms with Gasteiger partial charge in [0.1, 0.15) is 0 Å². The third-order valence-electron chi connectivity index (χ3n) is 1.78. The molecule has 2 nitrogen and oxygen atoms in total. The van der Waals surface area contributed by atoms with Crippen LogP contribution in [-0.2, 0) is 4.74 Å². The van der Waals surface area contributed by atoms with Crippen LogP contribution >= 0.6 is 0 Å². The highest BCUT2D eigenvalue weighted by Gasteiger charge is 2.19. The summed E-state index contributed by atoms with van der Waals surface area (Å²) in [6, 6.07) is 4.01. The lowest BCUT2D eigenvalue weighted by atomic mass is 10.1. The average molecular weight is 135 g/mol. The lowest BCUT2D eigenvalue weighted by molar-refractivity contribution is -0.0527. The van der Waals surface area contributed by atoms with Crippen LogP contribution in [-0.4, -0.2) is 11.6 Å². The van der Waals surface area contributed by atoms with Crippen molar-refractivity contribution in [2.45, 2.75) is 12.5 Å². The molecule has 1 unspecified atom stereocenters. The van der Waals surface area contributed by atoms with Gasteiger partial charge in [-0.05, 0) is 17.7 Å². The minimum atomic E-state index is 0.350. The van der Waals surface area contributed by atoms with Crippen LogP contribution in [0.1, 0.15) is 18.1 Å². The summed E-state index contributed by atoms with van der Waals surface area (Å²) in [5, 5.41) is 0. The van der Waals surface area contributed by atoms with E-state index in [0.717, 1.165) is 13.0 Å². The van der Waals surface area contributed by atoms with Gasteiger partial charge in [0, 0.05) is 18.8 Å². The molecule has 0 spiro atoms. The maximum atomic E-state index is 5.29. The van der Waals surface area contributed by atoms with E-state index in [4.69, 9.17) is 4.74 Å². The summed E-state index contributed by atoms with van der Waals surface area (Å²) in [6.07, 6.45) is 5.11. The van der Waals surface area contributed by atoms with E-state index in [1.807, 2.05) is 12.1 Å². The van der Waals surface area contributed by atoms with Crippen LogP contribution in [0, 0.1) is 0 Å². The van der Waals surface area contributed by atoms with Gasteiger partial charge in [0.15, 0.2) is 0 Å². The van der Waals surface area contributed by atoms with Crippen molar-refractivity contribution < 1.29 is 4.74 Å². The molecule has 2 rings (SSSR count). The van der Waals surface area contributed by atoms with Crippen molar-refractivity contribution in [1.29, 1.82) is 0 Å². The molecule has 0 saturated carbocycles. The molecule has 1 atom stereocenters. The third kappa shape index (κ3) is 0.907. The molecule has 0 N–H and O–H groups in total. The van der Waals surface area contributed by atoms with Gasteiger partial charge < -0.3 is 4.74 Å². The van der Waals surface area contributed by atoms with Crippen LogP contribution in [0.5, 0.6) is 0 Å². The molecule has 0 aliphatic carbocycles. The van der Waals surface area contributed by atoms with Gasteiger partial charge in [-0.3, -0.25) is 4.98 Å². The monoisotopic (exact) mass is 135 g/mol. The number of hydrogen-bond donors (Lipinski definition) is 0. The quantitative estimate of drug-likeness (QED) is 0.582. The number of aromatic nitrogens is 1. The molecule has 52 valence electrons. The maximum absolute atomic E-state index is 5.29. The van der Waals surface area contributed by atoms with Gasteiger partial charge >= 0.3 is 0 Å². The summed E-state index contributed by atoms with van der Waals surface area (Å²) in [5.41, 5.74) is 1.25. The Balaban J connectivity index is 2.18. The van der Waals surface area contributed by atoms with Crippen molar-refractivity contribution in [3.05, 3.63) is 30.1 Å². The second kappa shape index (κ2) is 2.39. The summed E-state index contributed by atoms with van der Waals surface area (Å²) < 4.78 is 5.29. The van der Waals surface area contributed by atoms with Gasteiger partial charge in [0.2, 0.25) is 0 Å². The number of hydrogen-bond acceptors (Lipinski definition) is 2. The first-order valence-corrected chi connectivity index (χ1v) is 3.48. The topological polar surface area (TPSA) is 22.1 Å². The van der Waals surface area contributed by atoms with E-state index in [-0.39, 0.29) is 0 Å². The molecule has 10 heavy (non-hydrogen) atoms. The average Bonchev–Trinajstić information content (AvgIpc) is 1.86. The van der Waals surface area contributed by atoms with Gasteiger partial charge in [0.25, 0.3) is 0 Å². The highest BCUT2D eigenvalue weighted by Crippen LogP contribution is 2.27. The van der Waals surface area contributed by atoms with Crippen LogP contribution in [0.4, 0.5) is 0 Å². The number of nitrogens with zero attached hydrogens (tertiary/aromatic N) is 1. The Labute approximate surface area is 59.9 Å². The standard InChI is InChI=1S/C8H9NO/c1-4-9-5-2-7(1)8-3-6-10-8/h1-2,4-5,8H,3,6H2. The van der Waals surface area contributed by atoms with Gasteiger partial charge in [0.05, 0.1) is 12.7 Å². The molecule has 0 aromatic carbocycles. The van der Waals surface area contributed by atoms with Crippen LogP contribution in [0.25, 0.3) is 0 Å². The number of pyridine rings is 1. The van der Waals surface area contributed by atoms with E-state index in [9.17, 15) is 0 Å². The first-order chi connectivity index (χ1) is 4.97. The molecule has 1 aliphatic heterocycles. The van der Waals surface area contributed by atoms with Gasteiger partial charge in [-0.15, -0.1) is 0 Å². The molecule has 1 aliphatic rings. The molecular weight excluding hydrogens is 126 g/mol. The van der Waals surface area contributed by atoms with Crippen molar-refractivity contribution in [3.63, 3.8) is 0 Å². The molecule has 1 saturated heterocycles. The normalized spacial score (nSPS) is 23.8. The Kier molecular flexibility index (Phi) is 1.40. The zero-order valence-electron chi connectivity index (χ0n) is 5.66. The van der Waals surface area contributed by atoms with Crippen LogP contribution < -0.4 is 0 Å². The molecule has 2 heteroatoms. The fourth-order valence-corrected chi connectivity index (χ4v) is 1.08. The Hall–Kier alpha value is -0.890. The summed E-state index contributed by atoms with van der Waals surface area (Å²) in [5.74, 6) is 0. The van der Waals surface area contributed by atoms with Gasteiger partial charge in [-0.2, -0.15) is 0 Å². The first-order valence-electron chi connectivity index (χ1n) is 3.48. The zero-order valence-corrected chi connectivity index (χ0v) is 5.66. The minimum Gasteiger partial charge on any atom is -0.373 e. The van der Waals surface area contributed by atoms with Crippen molar-refractivity contribution in [1.82, 2.24) is 4.98 Å². The Morgan fingerprint density at radius 3 is 2.60 bits per heavy atom. The Bertz CT molecular complexity index is 206. The molecule has 1 aromatic heterocycles. The molecular formula is C8H9NO. The van der Waals surface area contributed by atoms with Crippen LogP contribution in [0.3, 0.4) is 0 Å². The number of rotatable bonds is 1.